The van der Waals surface area contributed by atoms with Gasteiger partial charge >= 0.3 is 0 Å². The van der Waals surface area contributed by atoms with Gasteiger partial charge in [-0.05, 0) is 19.1 Å². The number of hydrogen-bond acceptors (Lipinski definition) is 8. The number of imide groups is 1. The van der Waals surface area contributed by atoms with Crippen molar-refractivity contribution in [3.05, 3.63) is 41.6 Å². The molecular formula is C21H24N6O4. The quantitative estimate of drug-likeness (QED) is 0.709. The van der Waals surface area contributed by atoms with Crippen LogP contribution in [0.5, 0.6) is 0 Å². The molecule has 0 saturated carbocycles. The van der Waals surface area contributed by atoms with Crippen molar-refractivity contribution < 1.29 is 19.1 Å². The number of carbonyl (C=O) groups excluding carboxylic acids is 3. The maximum Gasteiger partial charge on any atom is 0.262 e. The van der Waals surface area contributed by atoms with E-state index in [1.807, 2.05) is 19.0 Å². The number of aromatic nitrogens is 2. The highest BCUT2D eigenvalue weighted by atomic mass is 16.5. The highest BCUT2D eigenvalue weighted by Crippen LogP contribution is 2.27. The highest BCUT2D eigenvalue weighted by molar-refractivity contribution is 6.23. The monoisotopic (exact) mass is 424 g/mol. The summed E-state index contributed by atoms with van der Waals surface area (Å²) >= 11 is 0. The zero-order valence-electron chi connectivity index (χ0n) is 17.7. The van der Waals surface area contributed by atoms with Gasteiger partial charge in [-0.1, -0.05) is 12.1 Å². The van der Waals surface area contributed by atoms with E-state index in [0.717, 1.165) is 4.90 Å². The summed E-state index contributed by atoms with van der Waals surface area (Å²) in [7, 11) is 3.63. The second-order valence-electron chi connectivity index (χ2n) is 7.59. The molecule has 10 nitrogen and oxygen atoms in total. The Morgan fingerprint density at radius 2 is 1.74 bits per heavy atom. The molecule has 1 atom stereocenters. The Hall–Kier alpha value is -3.53. The van der Waals surface area contributed by atoms with Crippen molar-refractivity contribution in [3.63, 3.8) is 0 Å². The fraction of sp³-hybridized carbons (Fsp3) is 0.381. The van der Waals surface area contributed by atoms with Crippen LogP contribution in [-0.4, -0.2) is 79.0 Å². The molecule has 0 bridgehead atoms. The Kier molecular flexibility index (Phi) is 5.55. The van der Waals surface area contributed by atoms with Crippen molar-refractivity contribution in [2.45, 2.75) is 13.0 Å². The summed E-state index contributed by atoms with van der Waals surface area (Å²) in [5.41, 5.74) is 1.01. The van der Waals surface area contributed by atoms with Crippen molar-refractivity contribution in [2.75, 3.05) is 55.5 Å². The molecule has 1 N–H and O–H groups in total. The summed E-state index contributed by atoms with van der Waals surface area (Å²) in [5.74, 6) is -0.372. The van der Waals surface area contributed by atoms with Crippen LogP contribution in [0.15, 0.2) is 30.5 Å². The van der Waals surface area contributed by atoms with Gasteiger partial charge in [0.1, 0.15) is 11.7 Å². The van der Waals surface area contributed by atoms with Crippen molar-refractivity contribution in [3.8, 4) is 0 Å². The first kappa shape index (κ1) is 20.7. The predicted octanol–water partition coefficient (Wildman–Crippen LogP) is 1.00. The predicted molar refractivity (Wildman–Crippen MR) is 114 cm³/mol. The lowest BCUT2D eigenvalue weighted by molar-refractivity contribution is -0.119. The molecule has 1 saturated heterocycles. The summed E-state index contributed by atoms with van der Waals surface area (Å²) in [4.78, 5) is 52.1. The van der Waals surface area contributed by atoms with Gasteiger partial charge in [0.15, 0.2) is 5.82 Å². The molecule has 3 heterocycles. The van der Waals surface area contributed by atoms with E-state index in [1.165, 1.54) is 6.92 Å². The Morgan fingerprint density at radius 1 is 1.13 bits per heavy atom. The summed E-state index contributed by atoms with van der Waals surface area (Å²) in [6.07, 6.45) is 1.54. The molecule has 10 heteroatoms. The smallest absolute Gasteiger partial charge is 0.262 e. The molecule has 162 valence electrons. The first-order chi connectivity index (χ1) is 14.9. The first-order valence-corrected chi connectivity index (χ1v) is 10.0. The van der Waals surface area contributed by atoms with Crippen LogP contribution in [0.4, 0.5) is 17.5 Å². The molecule has 1 unspecified atom stereocenters. The summed E-state index contributed by atoms with van der Waals surface area (Å²) in [6.45, 7) is 4.12. The Balaban J connectivity index is 1.54. The van der Waals surface area contributed by atoms with Crippen LogP contribution in [-0.2, 0) is 9.53 Å². The number of nitrogens with one attached hydrogen (secondary N) is 1. The van der Waals surface area contributed by atoms with Crippen molar-refractivity contribution in [2.24, 2.45) is 0 Å². The van der Waals surface area contributed by atoms with Gasteiger partial charge < -0.3 is 19.9 Å². The average Bonchev–Trinajstić information content (AvgIpc) is 3.04. The molecule has 31 heavy (non-hydrogen) atoms. The molecule has 2 aliphatic heterocycles. The lowest BCUT2D eigenvalue weighted by atomic mass is 10.1. The van der Waals surface area contributed by atoms with Gasteiger partial charge in [0.25, 0.3) is 11.8 Å². The Labute approximate surface area is 179 Å². The lowest BCUT2D eigenvalue weighted by Gasteiger charge is -2.28. The Morgan fingerprint density at radius 3 is 2.32 bits per heavy atom. The van der Waals surface area contributed by atoms with Gasteiger partial charge in [-0.2, -0.15) is 4.98 Å². The maximum absolute atomic E-state index is 12.9. The molecule has 2 aliphatic rings. The summed E-state index contributed by atoms with van der Waals surface area (Å²) < 4.78 is 5.37. The zero-order chi connectivity index (χ0) is 22.1. The van der Waals surface area contributed by atoms with Crippen LogP contribution in [0.25, 0.3) is 0 Å². The number of amides is 3. The zero-order valence-corrected chi connectivity index (χ0v) is 17.7. The summed E-state index contributed by atoms with van der Waals surface area (Å²) in [6, 6.07) is 5.55. The number of ether oxygens (including phenoxy) is 1. The number of hydrogen-bond donors (Lipinski definition) is 1. The van der Waals surface area contributed by atoms with Crippen LogP contribution in [0.3, 0.4) is 0 Å². The number of benzene rings is 1. The normalized spacial score (nSPS) is 16.9. The molecular weight excluding hydrogens is 400 g/mol. The van der Waals surface area contributed by atoms with Gasteiger partial charge in [-0.15, -0.1) is 0 Å². The Bertz CT molecular complexity index is 999. The summed E-state index contributed by atoms with van der Waals surface area (Å²) in [5, 5.41) is 2.77. The standard InChI is InChI=1S/C21H24N6O4/c1-13(27-19(29)14-6-4-5-7-15(14)20(27)30)18(28)23-16-12-22-21(24-17(16)25(2)3)26-8-10-31-11-9-26/h4-7,12-13H,8-11H2,1-3H3,(H,23,28). The third kappa shape index (κ3) is 3.81. The van der Waals surface area contributed by atoms with Crippen molar-refractivity contribution >= 4 is 35.2 Å². The number of morpholine rings is 1. The SMILES string of the molecule is CC(C(=O)Nc1cnc(N2CCOCC2)nc1N(C)C)N1C(=O)c2ccccc2C1=O. The fourth-order valence-corrected chi connectivity index (χ4v) is 3.62. The number of carbonyl (C=O) groups is 3. The average molecular weight is 424 g/mol. The van der Waals surface area contributed by atoms with Crippen molar-refractivity contribution in [1.82, 2.24) is 14.9 Å². The molecule has 0 radical (unpaired) electrons. The van der Waals surface area contributed by atoms with E-state index in [1.54, 1.807) is 35.4 Å². The van der Waals surface area contributed by atoms with Crippen LogP contribution in [0, 0.1) is 0 Å². The molecule has 3 amide bonds. The number of anilines is 3. The van der Waals surface area contributed by atoms with E-state index in [4.69, 9.17) is 4.74 Å². The number of fused-ring (bicyclic) bond motifs is 1. The number of nitrogens with zero attached hydrogens (tertiary/aromatic N) is 5. The fourth-order valence-electron chi connectivity index (χ4n) is 3.62. The molecule has 2 aromatic rings. The lowest BCUT2D eigenvalue weighted by Crippen LogP contribution is -2.45. The van der Waals surface area contributed by atoms with Gasteiger partial charge in [-0.25, -0.2) is 4.98 Å². The second-order valence-corrected chi connectivity index (χ2v) is 7.59. The van der Waals surface area contributed by atoms with Crippen molar-refractivity contribution in [1.29, 1.82) is 0 Å². The van der Waals surface area contributed by atoms with Crippen LogP contribution >= 0.6 is 0 Å². The highest BCUT2D eigenvalue weighted by Gasteiger charge is 2.40. The van der Waals surface area contributed by atoms with E-state index < -0.39 is 23.8 Å². The van der Waals surface area contributed by atoms with E-state index in [-0.39, 0.29) is 0 Å². The van der Waals surface area contributed by atoms with E-state index >= 15 is 0 Å². The van der Waals surface area contributed by atoms with Gasteiger partial charge in [0.2, 0.25) is 11.9 Å². The minimum absolute atomic E-state index is 0.305. The molecule has 4 rings (SSSR count). The second kappa shape index (κ2) is 8.31. The van der Waals surface area contributed by atoms with Gasteiger partial charge in [0.05, 0.1) is 30.5 Å². The molecule has 1 aromatic carbocycles. The third-order valence-corrected chi connectivity index (χ3v) is 5.32. The number of rotatable bonds is 5. The van der Waals surface area contributed by atoms with Crippen LogP contribution < -0.4 is 15.1 Å². The van der Waals surface area contributed by atoms with Gasteiger partial charge in [-0.3, -0.25) is 19.3 Å². The van der Waals surface area contributed by atoms with Crippen LogP contribution in [0.2, 0.25) is 0 Å². The van der Waals surface area contributed by atoms with Gasteiger partial charge in [0, 0.05) is 27.2 Å². The van der Waals surface area contributed by atoms with E-state index in [9.17, 15) is 14.4 Å². The first-order valence-electron chi connectivity index (χ1n) is 10.0. The third-order valence-electron chi connectivity index (χ3n) is 5.32. The molecule has 0 aliphatic carbocycles. The van der Waals surface area contributed by atoms with E-state index in [2.05, 4.69) is 15.3 Å². The molecule has 0 spiro atoms. The van der Waals surface area contributed by atoms with E-state index in [0.29, 0.717) is 54.9 Å². The topological polar surface area (TPSA) is 108 Å². The minimum atomic E-state index is -0.999. The largest absolute Gasteiger partial charge is 0.378 e. The maximum atomic E-state index is 12.9. The minimum Gasteiger partial charge on any atom is -0.378 e. The molecule has 1 fully saturated rings. The molecule has 1 aromatic heterocycles. The van der Waals surface area contributed by atoms with Crippen LogP contribution in [0.1, 0.15) is 27.6 Å².